The predicted octanol–water partition coefficient (Wildman–Crippen LogP) is 4.39. The van der Waals surface area contributed by atoms with Crippen LogP contribution in [0, 0.1) is 0 Å². The molecule has 0 radical (unpaired) electrons. The molecule has 6 heteroatoms. The van der Waals surface area contributed by atoms with Crippen LogP contribution < -0.4 is 11.1 Å². The van der Waals surface area contributed by atoms with Crippen molar-refractivity contribution < 1.29 is 9.59 Å². The van der Waals surface area contributed by atoms with Crippen molar-refractivity contribution in [1.82, 2.24) is 9.47 Å². The van der Waals surface area contributed by atoms with Crippen LogP contribution in [0.5, 0.6) is 0 Å². The van der Waals surface area contributed by atoms with Crippen molar-refractivity contribution in [2.24, 2.45) is 5.73 Å². The number of primary amides is 1. The van der Waals surface area contributed by atoms with Crippen LogP contribution in [0.3, 0.4) is 0 Å². The Hall–Kier alpha value is -3.90. The third kappa shape index (κ3) is 4.58. The summed E-state index contributed by atoms with van der Waals surface area (Å²) in [5.41, 5.74) is 10.1. The van der Waals surface area contributed by atoms with Crippen molar-refractivity contribution in [3.8, 4) is 0 Å². The van der Waals surface area contributed by atoms with Gasteiger partial charge in [-0.25, -0.2) is 0 Å². The molecule has 34 heavy (non-hydrogen) atoms. The topological polar surface area (TPSA) is 80.4 Å². The van der Waals surface area contributed by atoms with Crippen molar-refractivity contribution in [2.45, 2.75) is 32.0 Å². The van der Waals surface area contributed by atoms with E-state index in [1.165, 1.54) is 0 Å². The number of hydrogen-bond acceptors (Lipinski definition) is 3. The maximum Gasteiger partial charge on any atom is 0.272 e. The molecule has 1 saturated heterocycles. The molecule has 1 atom stereocenters. The number of likely N-dealkylation sites (tertiary alicyclic amines) is 1. The smallest absolute Gasteiger partial charge is 0.272 e. The Balaban J connectivity index is 1.38. The second-order valence-corrected chi connectivity index (χ2v) is 8.85. The fraction of sp³-hybridized carbons (Fsp3) is 0.214. The predicted molar refractivity (Wildman–Crippen MR) is 135 cm³/mol. The number of para-hydroxylation sites is 1. The number of carbonyl (C=O) groups excluding carboxylic acids is 2. The van der Waals surface area contributed by atoms with Crippen LogP contribution in [0.4, 0.5) is 5.69 Å². The lowest BCUT2D eigenvalue weighted by Gasteiger charge is -2.22. The second-order valence-electron chi connectivity index (χ2n) is 8.85. The number of fused-ring (bicyclic) bond motifs is 1. The number of nitrogens with one attached hydrogen (secondary N) is 1. The maximum atomic E-state index is 13.4. The molecule has 172 valence electrons. The Bertz CT molecular complexity index is 1330. The number of nitrogens with zero attached hydrogens (tertiary/aromatic N) is 2. The van der Waals surface area contributed by atoms with E-state index in [0.29, 0.717) is 18.8 Å². The van der Waals surface area contributed by atoms with E-state index in [1.807, 2.05) is 72.8 Å². The SMILES string of the molecule is NC(=O)C1CCCN1Cc1cccc(NC(=O)c2cc3ccccc3n2Cc2ccccc2)c1. The summed E-state index contributed by atoms with van der Waals surface area (Å²) in [5, 5.41) is 4.11. The minimum atomic E-state index is -0.270. The zero-order valence-corrected chi connectivity index (χ0v) is 19.0. The minimum absolute atomic E-state index is 0.152. The van der Waals surface area contributed by atoms with Gasteiger partial charge in [-0.2, -0.15) is 0 Å². The quantitative estimate of drug-likeness (QED) is 0.436. The highest BCUT2D eigenvalue weighted by Crippen LogP contribution is 2.24. The van der Waals surface area contributed by atoms with E-state index >= 15 is 0 Å². The van der Waals surface area contributed by atoms with Crippen LogP contribution >= 0.6 is 0 Å². The Morgan fingerprint density at radius 2 is 1.65 bits per heavy atom. The van der Waals surface area contributed by atoms with Gasteiger partial charge in [0.1, 0.15) is 5.69 Å². The summed E-state index contributed by atoms with van der Waals surface area (Å²) in [7, 11) is 0. The van der Waals surface area contributed by atoms with E-state index in [1.54, 1.807) is 0 Å². The molecule has 0 saturated carbocycles. The van der Waals surface area contributed by atoms with Crippen LogP contribution in [0.15, 0.2) is 84.9 Å². The molecule has 6 nitrogen and oxygen atoms in total. The third-order valence-electron chi connectivity index (χ3n) is 6.49. The standard InChI is InChI=1S/C28H28N4O2/c29-27(33)25-14-7-15-31(25)18-21-10-6-12-23(16-21)30-28(34)26-17-22-11-4-5-13-24(22)32(26)19-20-8-2-1-3-9-20/h1-6,8-13,16-17,25H,7,14-15,18-19H2,(H2,29,33)(H,30,34). The van der Waals surface area contributed by atoms with E-state index in [2.05, 4.69) is 26.9 Å². The molecule has 1 aliphatic heterocycles. The van der Waals surface area contributed by atoms with Crippen LogP contribution in [0.25, 0.3) is 10.9 Å². The number of nitrogens with two attached hydrogens (primary N) is 1. The average Bonchev–Trinajstić information content (AvgIpc) is 3.45. The third-order valence-corrected chi connectivity index (χ3v) is 6.49. The van der Waals surface area contributed by atoms with Gasteiger partial charge in [-0.15, -0.1) is 0 Å². The van der Waals surface area contributed by atoms with Gasteiger partial charge in [0.15, 0.2) is 0 Å². The van der Waals surface area contributed by atoms with Crippen molar-refractivity contribution in [2.75, 3.05) is 11.9 Å². The van der Waals surface area contributed by atoms with E-state index < -0.39 is 0 Å². The fourth-order valence-electron chi connectivity index (χ4n) is 4.85. The summed E-state index contributed by atoms with van der Waals surface area (Å²) in [6.45, 7) is 2.09. The number of carbonyl (C=O) groups is 2. The van der Waals surface area contributed by atoms with Gasteiger partial charge in [-0.3, -0.25) is 14.5 Å². The monoisotopic (exact) mass is 452 g/mol. The summed E-state index contributed by atoms with van der Waals surface area (Å²) in [6, 6.07) is 27.7. The molecule has 1 aliphatic rings. The highest BCUT2D eigenvalue weighted by Gasteiger charge is 2.28. The molecule has 3 N–H and O–H groups in total. The Labute approximate surface area is 199 Å². The molecule has 4 aromatic rings. The summed E-state index contributed by atoms with van der Waals surface area (Å²) in [6.07, 6.45) is 1.77. The number of rotatable bonds is 7. The normalized spacial score (nSPS) is 16.1. The highest BCUT2D eigenvalue weighted by molar-refractivity contribution is 6.06. The van der Waals surface area contributed by atoms with Crippen LogP contribution in [-0.2, 0) is 17.9 Å². The number of anilines is 1. The molecular formula is C28H28N4O2. The zero-order chi connectivity index (χ0) is 23.5. The summed E-state index contributed by atoms with van der Waals surface area (Å²) in [4.78, 5) is 27.2. The lowest BCUT2D eigenvalue weighted by molar-refractivity contribution is -0.122. The number of aromatic nitrogens is 1. The summed E-state index contributed by atoms with van der Waals surface area (Å²) >= 11 is 0. The van der Waals surface area contributed by atoms with Gasteiger partial charge in [0.2, 0.25) is 5.91 Å². The van der Waals surface area contributed by atoms with E-state index in [0.717, 1.165) is 47.1 Å². The fourth-order valence-corrected chi connectivity index (χ4v) is 4.85. The Morgan fingerprint density at radius 1 is 0.882 bits per heavy atom. The van der Waals surface area contributed by atoms with Gasteiger partial charge in [0.25, 0.3) is 5.91 Å². The first-order valence-corrected chi connectivity index (χ1v) is 11.6. The minimum Gasteiger partial charge on any atom is -0.368 e. The molecule has 3 aromatic carbocycles. The van der Waals surface area contributed by atoms with Gasteiger partial charge >= 0.3 is 0 Å². The molecular weight excluding hydrogens is 424 g/mol. The molecule has 0 spiro atoms. The van der Waals surface area contributed by atoms with Gasteiger partial charge in [-0.05, 0) is 54.8 Å². The molecule has 0 aliphatic carbocycles. The van der Waals surface area contributed by atoms with Crippen molar-refractivity contribution >= 4 is 28.4 Å². The average molecular weight is 453 g/mol. The molecule has 2 amide bonds. The van der Waals surface area contributed by atoms with Crippen LogP contribution in [0.1, 0.15) is 34.5 Å². The van der Waals surface area contributed by atoms with Gasteiger partial charge in [0.05, 0.1) is 6.04 Å². The van der Waals surface area contributed by atoms with Crippen molar-refractivity contribution in [3.63, 3.8) is 0 Å². The number of hydrogen-bond donors (Lipinski definition) is 2. The van der Waals surface area contributed by atoms with E-state index in [4.69, 9.17) is 5.73 Å². The first-order valence-electron chi connectivity index (χ1n) is 11.6. The molecule has 2 heterocycles. The van der Waals surface area contributed by atoms with Crippen molar-refractivity contribution in [3.05, 3.63) is 102 Å². The van der Waals surface area contributed by atoms with E-state index in [-0.39, 0.29) is 17.9 Å². The van der Waals surface area contributed by atoms with Crippen LogP contribution in [-0.4, -0.2) is 33.9 Å². The molecule has 1 aromatic heterocycles. The number of benzene rings is 3. The lowest BCUT2D eigenvalue weighted by Crippen LogP contribution is -2.39. The summed E-state index contributed by atoms with van der Waals surface area (Å²) in [5.74, 6) is -0.423. The van der Waals surface area contributed by atoms with Crippen molar-refractivity contribution in [1.29, 1.82) is 0 Å². The van der Waals surface area contributed by atoms with Gasteiger partial charge in [-0.1, -0.05) is 60.7 Å². The molecule has 0 bridgehead atoms. The highest BCUT2D eigenvalue weighted by atomic mass is 16.2. The van der Waals surface area contributed by atoms with Crippen LogP contribution in [0.2, 0.25) is 0 Å². The number of amides is 2. The van der Waals surface area contributed by atoms with Gasteiger partial charge in [0, 0.05) is 29.7 Å². The molecule has 1 unspecified atom stereocenters. The molecule has 5 rings (SSSR count). The first kappa shape index (κ1) is 21.9. The lowest BCUT2D eigenvalue weighted by atomic mass is 10.1. The Morgan fingerprint density at radius 3 is 2.47 bits per heavy atom. The molecule has 1 fully saturated rings. The van der Waals surface area contributed by atoms with E-state index in [9.17, 15) is 9.59 Å². The Kier molecular flexibility index (Phi) is 6.14. The van der Waals surface area contributed by atoms with Gasteiger partial charge < -0.3 is 15.6 Å². The maximum absolute atomic E-state index is 13.4. The zero-order valence-electron chi connectivity index (χ0n) is 19.0. The second kappa shape index (κ2) is 9.53. The largest absolute Gasteiger partial charge is 0.368 e. The first-order chi connectivity index (χ1) is 16.6. The summed E-state index contributed by atoms with van der Waals surface area (Å²) < 4.78 is 2.06.